The summed E-state index contributed by atoms with van der Waals surface area (Å²) >= 11 is 0. The first kappa shape index (κ1) is 15.7. The van der Waals surface area contributed by atoms with E-state index in [0.717, 1.165) is 24.3 Å². The smallest absolute Gasteiger partial charge is 0.344 e. The van der Waals surface area contributed by atoms with Crippen LogP contribution in [0.5, 0.6) is 11.5 Å². The summed E-state index contributed by atoms with van der Waals surface area (Å²) in [5.41, 5.74) is 1.50. The first-order valence-corrected chi connectivity index (χ1v) is 8.45. The van der Waals surface area contributed by atoms with Crippen molar-refractivity contribution in [1.29, 1.82) is 0 Å². The van der Waals surface area contributed by atoms with Gasteiger partial charge in [0.25, 0.3) is 11.8 Å². The van der Waals surface area contributed by atoms with Crippen molar-refractivity contribution in [3.63, 3.8) is 0 Å². The molecule has 4 amide bonds. The van der Waals surface area contributed by atoms with Gasteiger partial charge in [0.15, 0.2) is 11.5 Å². The van der Waals surface area contributed by atoms with Crippen molar-refractivity contribution in [2.75, 3.05) is 6.61 Å². The molecule has 0 unspecified atom stereocenters. The molecule has 25 heavy (non-hydrogen) atoms. The molecule has 1 atom stereocenters. The van der Waals surface area contributed by atoms with Gasteiger partial charge in [0.2, 0.25) is 6.10 Å². The lowest BCUT2D eigenvalue weighted by atomic mass is 9.82. The van der Waals surface area contributed by atoms with E-state index in [9.17, 15) is 14.4 Å². The summed E-state index contributed by atoms with van der Waals surface area (Å²) in [6.07, 6.45) is 3.07. The van der Waals surface area contributed by atoms with Crippen molar-refractivity contribution in [2.45, 2.75) is 43.7 Å². The quantitative estimate of drug-likeness (QED) is 0.783. The summed E-state index contributed by atoms with van der Waals surface area (Å²) in [7, 11) is 0. The van der Waals surface area contributed by atoms with Gasteiger partial charge in [-0.2, -0.15) is 5.01 Å². The number of ether oxygens (including phenoxy) is 2. The highest BCUT2D eigenvalue weighted by Crippen LogP contribution is 2.33. The zero-order valence-electron chi connectivity index (χ0n) is 13.6. The van der Waals surface area contributed by atoms with Crippen LogP contribution < -0.4 is 20.2 Å². The Balaban J connectivity index is 1.44. The fraction of sp³-hybridized carbons (Fsp3) is 0.471. The van der Waals surface area contributed by atoms with Crippen LogP contribution in [0, 0.1) is 0 Å². The molecule has 4 rings (SSSR count). The molecule has 2 heterocycles. The van der Waals surface area contributed by atoms with E-state index >= 15 is 0 Å². The fourth-order valence-corrected chi connectivity index (χ4v) is 3.55. The van der Waals surface area contributed by atoms with Crippen molar-refractivity contribution < 1.29 is 23.9 Å². The standard InChI is InChI=1S/C17H19N3O5/c21-14(13-10-24-11-6-2-3-7-12(11)25-13)19-20-15(22)17(18-16(20)23)8-4-1-5-9-17/h2-3,6-7,13H,1,4-5,8-10H2,(H,18,23)(H,19,21)/t13-/m1/s1. The number of fused-ring (bicyclic) bond motifs is 1. The summed E-state index contributed by atoms with van der Waals surface area (Å²) < 4.78 is 11.1. The van der Waals surface area contributed by atoms with Crippen LogP contribution in [0.15, 0.2) is 24.3 Å². The second-order valence-electron chi connectivity index (χ2n) is 6.55. The van der Waals surface area contributed by atoms with Gasteiger partial charge in [-0.15, -0.1) is 0 Å². The van der Waals surface area contributed by atoms with Gasteiger partial charge in [-0.3, -0.25) is 15.0 Å². The Hall–Kier alpha value is -2.77. The number of nitrogens with zero attached hydrogens (tertiary/aromatic N) is 1. The number of para-hydroxylation sites is 2. The van der Waals surface area contributed by atoms with Crippen molar-refractivity contribution in [3.8, 4) is 11.5 Å². The molecule has 1 spiro atoms. The Morgan fingerprint density at radius 1 is 1.16 bits per heavy atom. The zero-order chi connectivity index (χ0) is 17.4. The number of imide groups is 1. The van der Waals surface area contributed by atoms with Crippen LogP contribution in [-0.4, -0.2) is 41.1 Å². The van der Waals surface area contributed by atoms with Crippen LogP contribution in [0.25, 0.3) is 0 Å². The largest absolute Gasteiger partial charge is 0.485 e. The molecule has 1 aromatic rings. The monoisotopic (exact) mass is 345 g/mol. The highest BCUT2D eigenvalue weighted by atomic mass is 16.6. The van der Waals surface area contributed by atoms with Gasteiger partial charge >= 0.3 is 6.03 Å². The van der Waals surface area contributed by atoms with Gasteiger partial charge in [-0.1, -0.05) is 31.4 Å². The first-order chi connectivity index (χ1) is 12.1. The van der Waals surface area contributed by atoms with E-state index in [2.05, 4.69) is 10.7 Å². The Morgan fingerprint density at radius 3 is 2.64 bits per heavy atom. The van der Waals surface area contributed by atoms with Gasteiger partial charge in [0, 0.05) is 0 Å². The highest BCUT2D eigenvalue weighted by molar-refractivity contribution is 6.08. The molecule has 3 aliphatic rings. The van der Waals surface area contributed by atoms with Crippen molar-refractivity contribution in [3.05, 3.63) is 24.3 Å². The minimum absolute atomic E-state index is 0.0115. The molecule has 1 saturated heterocycles. The SMILES string of the molecule is O=C(NN1C(=O)NC2(CCCCC2)C1=O)[C@H]1COc2ccccc2O1. The molecular weight excluding hydrogens is 326 g/mol. The molecule has 1 aliphatic carbocycles. The number of rotatable bonds is 2. The number of hydrogen-bond acceptors (Lipinski definition) is 5. The summed E-state index contributed by atoms with van der Waals surface area (Å²) in [4.78, 5) is 37.3. The second kappa shape index (κ2) is 5.94. The highest BCUT2D eigenvalue weighted by Gasteiger charge is 2.52. The molecule has 132 valence electrons. The Morgan fingerprint density at radius 2 is 1.88 bits per heavy atom. The van der Waals surface area contributed by atoms with Crippen LogP contribution in [0.1, 0.15) is 32.1 Å². The number of nitrogens with one attached hydrogen (secondary N) is 2. The molecule has 0 radical (unpaired) electrons. The molecule has 8 heteroatoms. The van der Waals surface area contributed by atoms with E-state index in [1.54, 1.807) is 24.3 Å². The van der Waals surface area contributed by atoms with Gasteiger partial charge in [-0.25, -0.2) is 4.79 Å². The molecular formula is C17H19N3O5. The molecule has 8 nitrogen and oxygen atoms in total. The lowest BCUT2D eigenvalue weighted by Gasteiger charge is -2.30. The third-order valence-electron chi connectivity index (χ3n) is 4.89. The van der Waals surface area contributed by atoms with Crippen LogP contribution in [-0.2, 0) is 9.59 Å². The molecule has 2 N–H and O–H groups in total. The van der Waals surface area contributed by atoms with E-state index < -0.39 is 29.5 Å². The van der Waals surface area contributed by atoms with Gasteiger partial charge < -0.3 is 14.8 Å². The van der Waals surface area contributed by atoms with Gasteiger partial charge in [0.05, 0.1) is 0 Å². The predicted molar refractivity (Wildman–Crippen MR) is 85.7 cm³/mol. The Labute approximate surface area is 144 Å². The molecule has 0 bridgehead atoms. The predicted octanol–water partition coefficient (Wildman–Crippen LogP) is 1.11. The van der Waals surface area contributed by atoms with Gasteiger partial charge in [-0.05, 0) is 25.0 Å². The van der Waals surface area contributed by atoms with E-state index in [1.165, 1.54) is 0 Å². The van der Waals surface area contributed by atoms with Crippen LogP contribution in [0.4, 0.5) is 4.79 Å². The summed E-state index contributed by atoms with van der Waals surface area (Å²) in [6.45, 7) is 0.0115. The van der Waals surface area contributed by atoms with E-state index in [1.807, 2.05) is 0 Å². The topological polar surface area (TPSA) is 97.0 Å². The van der Waals surface area contributed by atoms with E-state index in [-0.39, 0.29) is 6.61 Å². The van der Waals surface area contributed by atoms with Crippen LogP contribution in [0.2, 0.25) is 0 Å². The summed E-state index contributed by atoms with van der Waals surface area (Å²) in [6, 6.07) is 6.41. The summed E-state index contributed by atoms with van der Waals surface area (Å²) in [5, 5.41) is 3.52. The average Bonchev–Trinajstić information content (AvgIpc) is 2.86. The third-order valence-corrected chi connectivity index (χ3v) is 4.89. The molecule has 2 fully saturated rings. The summed E-state index contributed by atoms with van der Waals surface area (Å²) in [5.74, 6) is 0.0195. The van der Waals surface area contributed by atoms with Crippen molar-refractivity contribution in [1.82, 2.24) is 15.8 Å². The lowest BCUT2D eigenvalue weighted by molar-refractivity contribution is -0.143. The maximum Gasteiger partial charge on any atom is 0.344 e. The number of hydrazine groups is 1. The Kier molecular flexibility index (Phi) is 3.74. The minimum Gasteiger partial charge on any atom is -0.485 e. The van der Waals surface area contributed by atoms with Crippen molar-refractivity contribution in [2.24, 2.45) is 0 Å². The number of hydrogen-bond donors (Lipinski definition) is 2. The van der Waals surface area contributed by atoms with Crippen LogP contribution in [0.3, 0.4) is 0 Å². The third kappa shape index (κ3) is 2.67. The second-order valence-corrected chi connectivity index (χ2v) is 6.55. The lowest BCUT2D eigenvalue weighted by Crippen LogP contribution is -2.54. The number of carbonyl (C=O) groups excluding carboxylic acids is 3. The Bertz CT molecular complexity index is 729. The number of benzene rings is 1. The van der Waals surface area contributed by atoms with Gasteiger partial charge in [0.1, 0.15) is 12.1 Å². The number of carbonyl (C=O) groups is 3. The first-order valence-electron chi connectivity index (χ1n) is 8.45. The number of urea groups is 1. The zero-order valence-corrected chi connectivity index (χ0v) is 13.6. The average molecular weight is 345 g/mol. The minimum atomic E-state index is -0.932. The molecule has 1 saturated carbocycles. The molecule has 2 aliphatic heterocycles. The van der Waals surface area contributed by atoms with E-state index in [4.69, 9.17) is 9.47 Å². The normalized spacial score (nSPS) is 24.2. The molecule has 0 aromatic heterocycles. The van der Waals surface area contributed by atoms with Crippen LogP contribution >= 0.6 is 0 Å². The fourth-order valence-electron chi connectivity index (χ4n) is 3.55. The molecule has 1 aromatic carbocycles. The van der Waals surface area contributed by atoms with Crippen molar-refractivity contribution >= 4 is 17.8 Å². The number of amides is 4. The maximum atomic E-state index is 12.7. The maximum absolute atomic E-state index is 12.7. The van der Waals surface area contributed by atoms with E-state index in [0.29, 0.717) is 24.3 Å².